The third kappa shape index (κ3) is 7.85. The van der Waals surface area contributed by atoms with Crippen molar-refractivity contribution in [2.24, 2.45) is 5.92 Å². The van der Waals surface area contributed by atoms with Crippen LogP contribution in [-0.2, 0) is 27.3 Å². The third-order valence-electron chi connectivity index (χ3n) is 8.29. The van der Waals surface area contributed by atoms with Crippen LogP contribution in [0.2, 0.25) is 0 Å². The summed E-state index contributed by atoms with van der Waals surface area (Å²) in [5, 5.41) is 5.50. The second-order valence-electron chi connectivity index (χ2n) is 11.9. The van der Waals surface area contributed by atoms with Gasteiger partial charge in [0.05, 0.1) is 9.52 Å². The number of hydrogen-bond donors (Lipinski definition) is 0. The number of hydrogen-bond acceptors (Lipinski definition) is 0. The maximum Gasteiger partial charge on any atom is 0.0920 e. The van der Waals surface area contributed by atoms with Crippen molar-refractivity contribution in [1.29, 1.82) is 0 Å². The molecule has 0 saturated heterocycles. The van der Waals surface area contributed by atoms with Gasteiger partial charge in [-0.1, -0.05) is 145 Å². The van der Waals surface area contributed by atoms with E-state index in [2.05, 4.69) is 166 Å². The van der Waals surface area contributed by atoms with Gasteiger partial charge in [-0.15, -0.1) is 34.0 Å². The van der Waals surface area contributed by atoms with Crippen LogP contribution in [0, 0.1) is 12.0 Å². The summed E-state index contributed by atoms with van der Waals surface area (Å²) >= 11 is -0.826. The van der Waals surface area contributed by atoms with Gasteiger partial charge in [0.25, 0.3) is 0 Å². The van der Waals surface area contributed by atoms with E-state index in [-0.39, 0.29) is 0 Å². The van der Waals surface area contributed by atoms with Crippen LogP contribution in [0.3, 0.4) is 0 Å². The van der Waals surface area contributed by atoms with Gasteiger partial charge in [0.2, 0.25) is 0 Å². The fourth-order valence-electron chi connectivity index (χ4n) is 6.38. The Bertz CT molecular complexity index is 2020. The van der Waals surface area contributed by atoms with E-state index >= 15 is 0 Å². The van der Waals surface area contributed by atoms with Gasteiger partial charge in [-0.05, 0) is 40.2 Å². The van der Waals surface area contributed by atoms with Crippen LogP contribution in [0.1, 0.15) is 19.4 Å². The average molecular weight is 741 g/mol. The maximum atomic E-state index is 4.93. The predicted molar refractivity (Wildman–Crippen MR) is 202 cm³/mol. The van der Waals surface area contributed by atoms with Crippen LogP contribution in [0.4, 0.5) is 0 Å². The van der Waals surface area contributed by atoms with Crippen molar-refractivity contribution in [3.8, 4) is 44.5 Å². The molecule has 0 aromatic heterocycles. The Morgan fingerprint density at radius 2 is 1.21 bits per heavy atom. The smallest absolute Gasteiger partial charge is 0.0920 e. The number of halogens is 2. The summed E-state index contributed by atoms with van der Waals surface area (Å²) in [7, 11) is 10.7. The minimum absolute atomic E-state index is 0.644. The first-order valence-electron chi connectivity index (χ1n) is 15.8. The van der Waals surface area contributed by atoms with Crippen molar-refractivity contribution in [1.82, 2.24) is 0 Å². The zero-order valence-electron chi connectivity index (χ0n) is 26.5. The molecule has 0 unspecified atom stereocenters. The molecular weight excluding hydrogens is 707 g/mol. The van der Waals surface area contributed by atoms with Crippen molar-refractivity contribution in [3.05, 3.63) is 163 Å². The molecule has 4 heteroatoms. The van der Waals surface area contributed by atoms with Gasteiger partial charge < -0.3 is 0 Å². The van der Waals surface area contributed by atoms with E-state index in [0.29, 0.717) is 5.92 Å². The molecule has 0 bridgehead atoms. The van der Waals surface area contributed by atoms with E-state index in [9.17, 15) is 0 Å². The van der Waals surface area contributed by atoms with Crippen molar-refractivity contribution in [2.45, 2.75) is 20.3 Å². The van der Waals surface area contributed by atoms with Gasteiger partial charge in [0.15, 0.2) is 0 Å². The number of benzene rings is 6. The Labute approximate surface area is 300 Å². The molecule has 1 aliphatic heterocycles. The van der Waals surface area contributed by atoms with Crippen LogP contribution < -0.4 is 10.4 Å². The Morgan fingerprint density at radius 1 is 0.638 bits per heavy atom. The molecule has 0 saturated carbocycles. The van der Waals surface area contributed by atoms with Gasteiger partial charge in [0.1, 0.15) is 0 Å². The molecule has 0 fully saturated rings. The Morgan fingerprint density at radius 3 is 1.89 bits per heavy atom. The van der Waals surface area contributed by atoms with Crippen LogP contribution in [0.25, 0.3) is 55.3 Å². The second-order valence-corrected chi connectivity index (χ2v) is 17.0. The molecule has 7 aromatic rings. The largest absolute Gasteiger partial charge is 0.184 e. The molecule has 2 radical (unpaired) electrons. The van der Waals surface area contributed by atoms with Gasteiger partial charge in [-0.2, -0.15) is 35.5 Å². The molecule has 1 heterocycles. The molecule has 228 valence electrons. The van der Waals surface area contributed by atoms with Gasteiger partial charge in [-0.25, -0.2) is 0 Å². The zero-order chi connectivity index (χ0) is 32.6. The summed E-state index contributed by atoms with van der Waals surface area (Å²) in [6, 6.07) is 57.9. The first-order chi connectivity index (χ1) is 23.1. The van der Waals surface area contributed by atoms with Crippen molar-refractivity contribution in [2.75, 3.05) is 0 Å². The molecule has 47 heavy (non-hydrogen) atoms. The Balaban J connectivity index is 0.000000199. The zero-order valence-corrected chi connectivity index (χ0v) is 31.4. The Hall–Kier alpha value is -3.39. The summed E-state index contributed by atoms with van der Waals surface area (Å²) in [6.45, 7) is 4.58. The van der Waals surface area contributed by atoms with Gasteiger partial charge in [-0.3, -0.25) is 0 Å². The van der Waals surface area contributed by atoms with E-state index < -0.39 is 20.8 Å². The first kappa shape index (κ1) is 33.5. The molecule has 0 aliphatic carbocycles. The summed E-state index contributed by atoms with van der Waals surface area (Å²) < 4.78 is 0. The predicted octanol–water partition coefficient (Wildman–Crippen LogP) is 11.3. The van der Waals surface area contributed by atoms with E-state index in [0.717, 1.165) is 15.9 Å². The third-order valence-corrected chi connectivity index (χ3v) is 9.66. The molecular formula is C43H34Cl2SiZr. The minimum atomic E-state index is -0.826. The fourth-order valence-corrected chi connectivity index (χ4v) is 7.69. The molecule has 7 aromatic carbocycles. The van der Waals surface area contributed by atoms with E-state index in [1.807, 2.05) is 6.07 Å². The standard InChI is InChI=1S/C31H27.C12H7Si.2ClH.Zr/c1-22(2)19-23-20-26-17-18-28(25-13-7-4-8-14-25)31(30(26)21-23)29-16-10-9-15-27(29)24-11-5-3-6-12-24;1-3-7-11-9(5-1)10-6-2-4-8-12(10)13-11;;;/h3-18,20-22H,19H2,1-2H3;1-7H;2*1H;/q2*-1;;;+4/p-2. The van der Waals surface area contributed by atoms with Crippen LogP contribution in [0.5, 0.6) is 0 Å². The monoisotopic (exact) mass is 738 g/mol. The quantitative estimate of drug-likeness (QED) is 0.122. The minimum Gasteiger partial charge on any atom is -0.184 e. The summed E-state index contributed by atoms with van der Waals surface area (Å²) in [5.41, 5.74) is 11.9. The van der Waals surface area contributed by atoms with E-state index in [1.54, 1.807) is 0 Å². The first-order valence-corrected chi connectivity index (χ1v) is 23.2. The molecule has 0 nitrogen and oxygen atoms in total. The summed E-state index contributed by atoms with van der Waals surface area (Å²) in [4.78, 5) is 0. The van der Waals surface area contributed by atoms with E-state index in [1.165, 1.54) is 71.2 Å². The normalized spacial score (nSPS) is 11.1. The van der Waals surface area contributed by atoms with E-state index in [4.69, 9.17) is 17.0 Å². The van der Waals surface area contributed by atoms with Gasteiger partial charge in [0, 0.05) is 0 Å². The molecule has 8 rings (SSSR count). The van der Waals surface area contributed by atoms with Gasteiger partial charge >= 0.3 is 37.9 Å². The number of fused-ring (bicyclic) bond motifs is 4. The van der Waals surface area contributed by atoms with Crippen molar-refractivity contribution < 1.29 is 20.8 Å². The van der Waals surface area contributed by atoms with Crippen LogP contribution in [-0.4, -0.2) is 9.52 Å². The Kier molecular flexibility index (Phi) is 11.5. The molecule has 0 amide bonds. The maximum absolute atomic E-state index is 4.93. The topological polar surface area (TPSA) is 0 Å². The molecule has 1 aliphatic rings. The second kappa shape index (κ2) is 16.1. The molecule has 0 spiro atoms. The average Bonchev–Trinajstić information content (AvgIpc) is 3.70. The SMILES string of the molecule is CC(C)Cc1cc2c(-c3ccccc3-c3ccccc3)c(-c3ccccc3)ccc2[cH-]1.[Cl][Zr+2][Cl].[c-]1cccc2c1[Si]c1ccccc1-2. The van der Waals surface area contributed by atoms with Crippen LogP contribution >= 0.6 is 17.0 Å². The molecule has 0 N–H and O–H groups in total. The number of rotatable bonds is 5. The summed E-state index contributed by atoms with van der Waals surface area (Å²) in [6.07, 6.45) is 1.11. The van der Waals surface area contributed by atoms with Crippen molar-refractivity contribution in [3.63, 3.8) is 0 Å². The fraction of sp³-hybridized carbons (Fsp3) is 0.0930. The molecule has 0 atom stereocenters. The summed E-state index contributed by atoms with van der Waals surface area (Å²) in [5.74, 6) is 0.644. The van der Waals surface area contributed by atoms with Crippen LogP contribution in [0.15, 0.2) is 152 Å². The van der Waals surface area contributed by atoms with Crippen molar-refractivity contribution >= 4 is 47.7 Å².